The molecule has 2 rings (SSSR count). The molecule has 0 bridgehead atoms. The number of hydrogen-bond acceptors (Lipinski definition) is 4. The highest BCUT2D eigenvalue weighted by Gasteiger charge is 2.20. The first-order valence-electron chi connectivity index (χ1n) is 6.06. The van der Waals surface area contributed by atoms with E-state index >= 15 is 0 Å². The summed E-state index contributed by atoms with van der Waals surface area (Å²) in [4.78, 5) is 2.32. The minimum absolute atomic E-state index is 0.199. The van der Waals surface area contributed by atoms with Gasteiger partial charge in [0.15, 0.2) is 0 Å². The van der Waals surface area contributed by atoms with Crippen molar-refractivity contribution in [3.05, 3.63) is 29.3 Å². The topological polar surface area (TPSA) is 58.7 Å². The molecule has 17 heavy (non-hydrogen) atoms. The van der Waals surface area contributed by atoms with Crippen LogP contribution < -0.4 is 5.73 Å². The van der Waals surface area contributed by atoms with Gasteiger partial charge in [-0.2, -0.15) is 0 Å². The third-order valence-corrected chi connectivity index (χ3v) is 3.37. The van der Waals surface area contributed by atoms with Gasteiger partial charge in [-0.3, -0.25) is 4.90 Å². The summed E-state index contributed by atoms with van der Waals surface area (Å²) in [7, 11) is 0. The molecule has 0 aromatic heterocycles. The van der Waals surface area contributed by atoms with E-state index in [-0.39, 0.29) is 6.04 Å². The number of morpholine rings is 1. The van der Waals surface area contributed by atoms with E-state index in [0.717, 1.165) is 37.4 Å². The van der Waals surface area contributed by atoms with E-state index in [1.165, 1.54) is 0 Å². The second-order valence-corrected chi connectivity index (χ2v) is 4.42. The lowest BCUT2D eigenvalue weighted by molar-refractivity contribution is 0.0194. The highest BCUT2D eigenvalue weighted by atomic mass is 16.5. The molecule has 0 radical (unpaired) electrons. The highest BCUT2D eigenvalue weighted by Crippen LogP contribution is 2.29. The fraction of sp³-hybridized carbons (Fsp3) is 0.538. The molecule has 4 heteroatoms. The van der Waals surface area contributed by atoms with Crippen LogP contribution in [0.4, 0.5) is 0 Å². The van der Waals surface area contributed by atoms with Crippen LogP contribution in [0, 0.1) is 0 Å². The Morgan fingerprint density at radius 3 is 2.76 bits per heavy atom. The smallest absolute Gasteiger partial charge is 0.120 e. The predicted molar refractivity (Wildman–Crippen MR) is 66.8 cm³/mol. The second kappa shape index (κ2) is 5.49. The lowest BCUT2D eigenvalue weighted by Crippen LogP contribution is -2.38. The zero-order valence-corrected chi connectivity index (χ0v) is 10.2. The van der Waals surface area contributed by atoms with Crippen LogP contribution in [0.15, 0.2) is 18.2 Å². The van der Waals surface area contributed by atoms with Gasteiger partial charge in [0, 0.05) is 31.2 Å². The summed E-state index contributed by atoms with van der Waals surface area (Å²) in [6.45, 7) is 5.97. The predicted octanol–water partition coefficient (Wildman–Crippen LogP) is 1.24. The Morgan fingerprint density at radius 2 is 2.12 bits per heavy atom. The molecule has 1 saturated heterocycles. The molecule has 0 amide bonds. The first-order chi connectivity index (χ1) is 8.22. The van der Waals surface area contributed by atoms with E-state index in [4.69, 9.17) is 10.5 Å². The van der Waals surface area contributed by atoms with E-state index in [1.54, 1.807) is 6.07 Å². The molecule has 94 valence electrons. The Kier molecular flexibility index (Phi) is 3.99. The third-order valence-electron chi connectivity index (χ3n) is 3.37. The maximum atomic E-state index is 9.93. The number of aromatic hydroxyl groups is 1. The summed E-state index contributed by atoms with van der Waals surface area (Å²) < 4.78 is 5.34. The van der Waals surface area contributed by atoms with Crippen LogP contribution in [0.5, 0.6) is 5.75 Å². The van der Waals surface area contributed by atoms with Crippen molar-refractivity contribution in [3.63, 3.8) is 0 Å². The number of benzene rings is 1. The Labute approximate surface area is 102 Å². The van der Waals surface area contributed by atoms with Crippen LogP contribution in [0.25, 0.3) is 0 Å². The monoisotopic (exact) mass is 236 g/mol. The van der Waals surface area contributed by atoms with Gasteiger partial charge in [0.25, 0.3) is 0 Å². The molecule has 1 aromatic carbocycles. The van der Waals surface area contributed by atoms with Crippen molar-refractivity contribution in [2.75, 3.05) is 26.3 Å². The summed E-state index contributed by atoms with van der Waals surface area (Å²) in [5.74, 6) is 0.348. The lowest BCUT2D eigenvalue weighted by Gasteiger charge is -2.32. The van der Waals surface area contributed by atoms with Crippen molar-refractivity contribution in [3.8, 4) is 5.75 Å². The molecule has 1 aliphatic rings. The molecule has 1 aromatic rings. The van der Waals surface area contributed by atoms with Crippen molar-refractivity contribution < 1.29 is 9.84 Å². The minimum Gasteiger partial charge on any atom is -0.508 e. The average Bonchev–Trinajstić information content (AvgIpc) is 2.39. The molecule has 0 saturated carbocycles. The zero-order chi connectivity index (χ0) is 12.3. The Bertz CT molecular complexity index is 376. The summed E-state index contributed by atoms with van der Waals surface area (Å²) in [6.07, 6.45) is 0. The zero-order valence-electron chi connectivity index (χ0n) is 10.2. The SMILES string of the molecule is CC(c1cc(CN)ccc1O)N1CCOCC1. The lowest BCUT2D eigenvalue weighted by atomic mass is 10.0. The van der Waals surface area contributed by atoms with E-state index < -0.39 is 0 Å². The van der Waals surface area contributed by atoms with Crippen molar-refractivity contribution in [1.29, 1.82) is 0 Å². The fourth-order valence-corrected chi connectivity index (χ4v) is 2.23. The summed E-state index contributed by atoms with van der Waals surface area (Å²) in [6, 6.07) is 5.79. The van der Waals surface area contributed by atoms with Crippen LogP contribution in [0.1, 0.15) is 24.1 Å². The standard InChI is InChI=1S/C13H20N2O2/c1-10(15-4-6-17-7-5-15)12-8-11(9-14)2-3-13(12)16/h2-3,8,10,16H,4-7,9,14H2,1H3. The molecule has 0 spiro atoms. The van der Waals surface area contributed by atoms with Gasteiger partial charge in [-0.15, -0.1) is 0 Å². The van der Waals surface area contributed by atoms with Crippen molar-refractivity contribution >= 4 is 0 Å². The highest BCUT2D eigenvalue weighted by molar-refractivity contribution is 5.38. The van der Waals surface area contributed by atoms with E-state index in [0.29, 0.717) is 12.3 Å². The molecule has 3 N–H and O–H groups in total. The molecule has 1 fully saturated rings. The number of phenolic OH excluding ortho intramolecular Hbond substituents is 1. The van der Waals surface area contributed by atoms with Gasteiger partial charge in [-0.05, 0) is 24.6 Å². The second-order valence-electron chi connectivity index (χ2n) is 4.42. The molecule has 4 nitrogen and oxygen atoms in total. The van der Waals surface area contributed by atoms with Crippen molar-refractivity contribution in [2.24, 2.45) is 5.73 Å². The molecule has 1 heterocycles. The summed E-state index contributed by atoms with van der Waals surface area (Å²) >= 11 is 0. The first kappa shape index (κ1) is 12.4. The van der Waals surface area contributed by atoms with E-state index in [1.807, 2.05) is 12.1 Å². The Balaban J connectivity index is 2.19. The number of phenols is 1. The van der Waals surface area contributed by atoms with Gasteiger partial charge < -0.3 is 15.6 Å². The fourth-order valence-electron chi connectivity index (χ4n) is 2.23. The maximum Gasteiger partial charge on any atom is 0.120 e. The van der Waals surface area contributed by atoms with Gasteiger partial charge in [0.2, 0.25) is 0 Å². The Hall–Kier alpha value is -1.10. The van der Waals surface area contributed by atoms with Crippen molar-refractivity contribution in [1.82, 2.24) is 4.90 Å². The normalized spacial score (nSPS) is 19.2. The van der Waals surface area contributed by atoms with Gasteiger partial charge >= 0.3 is 0 Å². The third kappa shape index (κ3) is 2.77. The molecule has 1 atom stereocenters. The van der Waals surface area contributed by atoms with E-state index in [9.17, 15) is 5.11 Å². The molecular formula is C13H20N2O2. The van der Waals surface area contributed by atoms with Crippen LogP contribution in [0.2, 0.25) is 0 Å². The number of hydrogen-bond donors (Lipinski definition) is 2. The Morgan fingerprint density at radius 1 is 1.41 bits per heavy atom. The summed E-state index contributed by atoms with van der Waals surface area (Å²) in [5.41, 5.74) is 7.64. The molecule has 1 unspecified atom stereocenters. The van der Waals surface area contributed by atoms with Crippen molar-refractivity contribution in [2.45, 2.75) is 19.5 Å². The van der Waals surface area contributed by atoms with E-state index in [2.05, 4.69) is 11.8 Å². The van der Waals surface area contributed by atoms with Crippen LogP contribution in [0.3, 0.4) is 0 Å². The molecule has 1 aliphatic heterocycles. The average molecular weight is 236 g/mol. The quantitative estimate of drug-likeness (QED) is 0.829. The van der Waals surface area contributed by atoms with Crippen LogP contribution >= 0.6 is 0 Å². The van der Waals surface area contributed by atoms with Crippen LogP contribution in [-0.2, 0) is 11.3 Å². The number of ether oxygens (including phenoxy) is 1. The molecule has 0 aliphatic carbocycles. The van der Waals surface area contributed by atoms with Gasteiger partial charge in [-0.1, -0.05) is 6.07 Å². The first-order valence-corrected chi connectivity index (χ1v) is 6.06. The maximum absolute atomic E-state index is 9.93. The van der Waals surface area contributed by atoms with Gasteiger partial charge in [0.05, 0.1) is 13.2 Å². The number of nitrogens with zero attached hydrogens (tertiary/aromatic N) is 1. The number of rotatable bonds is 3. The van der Waals surface area contributed by atoms with Crippen LogP contribution in [-0.4, -0.2) is 36.3 Å². The molecular weight excluding hydrogens is 216 g/mol. The van der Waals surface area contributed by atoms with Gasteiger partial charge in [0.1, 0.15) is 5.75 Å². The minimum atomic E-state index is 0.199. The number of nitrogens with two attached hydrogens (primary N) is 1. The largest absolute Gasteiger partial charge is 0.508 e. The van der Waals surface area contributed by atoms with Gasteiger partial charge in [-0.25, -0.2) is 0 Å². The summed E-state index contributed by atoms with van der Waals surface area (Å²) in [5, 5.41) is 9.93.